The van der Waals surface area contributed by atoms with Gasteiger partial charge >= 0.3 is 5.97 Å². The Morgan fingerprint density at radius 2 is 1.95 bits per heavy atom. The summed E-state index contributed by atoms with van der Waals surface area (Å²) >= 11 is 0. The third-order valence-electron chi connectivity index (χ3n) is 3.85. The summed E-state index contributed by atoms with van der Waals surface area (Å²) in [6, 6.07) is 8.79. The van der Waals surface area contributed by atoms with Gasteiger partial charge in [-0.05, 0) is 18.9 Å². The molecule has 1 aromatic rings. The molecule has 2 unspecified atom stereocenters. The standard InChI is InChI=1S/C16H24N2O3/c1-4-16(2,11-17)15(20)18-13(14(19)21-3)10-12-8-6-5-7-9-12/h5-9,13H,4,10-11,17H2,1-3H3,(H,18,20). The van der Waals surface area contributed by atoms with Crippen molar-refractivity contribution in [3.8, 4) is 0 Å². The van der Waals surface area contributed by atoms with Gasteiger partial charge in [-0.25, -0.2) is 4.79 Å². The van der Waals surface area contributed by atoms with E-state index in [2.05, 4.69) is 5.32 Å². The van der Waals surface area contributed by atoms with Gasteiger partial charge in [-0.3, -0.25) is 4.79 Å². The number of nitrogens with two attached hydrogens (primary N) is 1. The lowest BCUT2D eigenvalue weighted by Gasteiger charge is -2.27. The molecule has 0 fully saturated rings. The topological polar surface area (TPSA) is 81.4 Å². The predicted octanol–water partition coefficient (Wildman–Crippen LogP) is 1.26. The van der Waals surface area contributed by atoms with Gasteiger partial charge in [0.1, 0.15) is 6.04 Å². The van der Waals surface area contributed by atoms with Crippen molar-refractivity contribution in [3.63, 3.8) is 0 Å². The Morgan fingerprint density at radius 1 is 1.33 bits per heavy atom. The molecule has 0 aliphatic heterocycles. The van der Waals surface area contributed by atoms with E-state index in [1.807, 2.05) is 37.3 Å². The maximum absolute atomic E-state index is 12.3. The van der Waals surface area contributed by atoms with Gasteiger partial charge in [-0.1, -0.05) is 37.3 Å². The van der Waals surface area contributed by atoms with Crippen molar-refractivity contribution >= 4 is 11.9 Å². The van der Waals surface area contributed by atoms with Crippen LogP contribution in [0.4, 0.5) is 0 Å². The van der Waals surface area contributed by atoms with Crippen molar-refractivity contribution in [1.82, 2.24) is 5.32 Å². The lowest BCUT2D eigenvalue weighted by Crippen LogP contribution is -2.51. The zero-order valence-electron chi connectivity index (χ0n) is 12.9. The normalized spacial score (nSPS) is 14.9. The fraction of sp³-hybridized carbons (Fsp3) is 0.500. The molecule has 0 saturated carbocycles. The highest BCUT2D eigenvalue weighted by molar-refractivity contribution is 5.88. The van der Waals surface area contributed by atoms with Crippen molar-refractivity contribution in [2.75, 3.05) is 13.7 Å². The van der Waals surface area contributed by atoms with Gasteiger partial charge in [0.15, 0.2) is 0 Å². The Kier molecular flexibility index (Phi) is 6.37. The lowest BCUT2D eigenvalue weighted by molar-refractivity contribution is -0.146. The van der Waals surface area contributed by atoms with Crippen molar-refractivity contribution in [2.24, 2.45) is 11.1 Å². The molecule has 0 aliphatic carbocycles. The van der Waals surface area contributed by atoms with Gasteiger partial charge in [0.05, 0.1) is 12.5 Å². The minimum atomic E-state index is -0.706. The second kappa shape index (κ2) is 7.78. The average Bonchev–Trinajstić information content (AvgIpc) is 2.53. The van der Waals surface area contributed by atoms with E-state index >= 15 is 0 Å². The number of esters is 1. The maximum Gasteiger partial charge on any atom is 0.328 e. The van der Waals surface area contributed by atoms with Crippen LogP contribution in [0.5, 0.6) is 0 Å². The smallest absolute Gasteiger partial charge is 0.328 e. The van der Waals surface area contributed by atoms with E-state index in [4.69, 9.17) is 10.5 Å². The van der Waals surface area contributed by atoms with Crippen LogP contribution in [0.1, 0.15) is 25.8 Å². The minimum Gasteiger partial charge on any atom is -0.467 e. The Labute approximate surface area is 125 Å². The Hall–Kier alpha value is -1.88. The summed E-state index contributed by atoms with van der Waals surface area (Å²) in [7, 11) is 1.31. The van der Waals surface area contributed by atoms with Gasteiger partial charge in [0.25, 0.3) is 0 Å². The van der Waals surface area contributed by atoms with Gasteiger partial charge in [-0.15, -0.1) is 0 Å². The highest BCUT2D eigenvalue weighted by Gasteiger charge is 2.33. The molecular weight excluding hydrogens is 268 g/mol. The van der Waals surface area contributed by atoms with Crippen LogP contribution in [0.15, 0.2) is 30.3 Å². The number of hydrogen-bond donors (Lipinski definition) is 2. The van der Waals surface area contributed by atoms with Gasteiger partial charge in [0.2, 0.25) is 5.91 Å². The molecule has 1 aromatic carbocycles. The number of nitrogens with one attached hydrogen (secondary N) is 1. The summed E-state index contributed by atoms with van der Waals surface area (Å²) in [6.45, 7) is 3.92. The Bertz CT molecular complexity index is 470. The quantitative estimate of drug-likeness (QED) is 0.741. The van der Waals surface area contributed by atoms with Crippen molar-refractivity contribution < 1.29 is 14.3 Å². The lowest BCUT2D eigenvalue weighted by atomic mass is 9.86. The van der Waals surface area contributed by atoms with E-state index in [0.29, 0.717) is 12.8 Å². The molecule has 0 heterocycles. The molecule has 3 N–H and O–H groups in total. The molecule has 2 atom stereocenters. The molecular formula is C16H24N2O3. The fourth-order valence-corrected chi connectivity index (χ4v) is 1.92. The molecule has 0 aliphatic rings. The van der Waals surface area contributed by atoms with E-state index in [9.17, 15) is 9.59 Å². The molecule has 0 spiro atoms. The van der Waals surface area contributed by atoms with Gasteiger partial charge in [-0.2, -0.15) is 0 Å². The second-order valence-corrected chi connectivity index (χ2v) is 5.36. The second-order valence-electron chi connectivity index (χ2n) is 5.36. The molecule has 0 saturated heterocycles. The molecule has 0 aromatic heterocycles. The summed E-state index contributed by atoms with van der Waals surface area (Å²) in [6.07, 6.45) is 0.998. The molecule has 1 amide bonds. The van der Waals surface area contributed by atoms with Crippen LogP contribution in [0.25, 0.3) is 0 Å². The van der Waals surface area contributed by atoms with E-state index in [0.717, 1.165) is 5.56 Å². The number of methoxy groups -OCH3 is 1. The van der Waals surface area contributed by atoms with Crippen LogP contribution in [-0.4, -0.2) is 31.6 Å². The summed E-state index contributed by atoms with van der Waals surface area (Å²) in [5.41, 5.74) is 5.96. The summed E-state index contributed by atoms with van der Waals surface area (Å²) in [4.78, 5) is 24.2. The first-order valence-electron chi connectivity index (χ1n) is 7.09. The van der Waals surface area contributed by atoms with Crippen LogP contribution >= 0.6 is 0 Å². The zero-order valence-corrected chi connectivity index (χ0v) is 12.9. The van der Waals surface area contributed by atoms with E-state index in [-0.39, 0.29) is 12.5 Å². The van der Waals surface area contributed by atoms with Crippen LogP contribution < -0.4 is 11.1 Å². The number of rotatable bonds is 7. The maximum atomic E-state index is 12.3. The fourth-order valence-electron chi connectivity index (χ4n) is 1.92. The first-order valence-corrected chi connectivity index (χ1v) is 7.09. The SMILES string of the molecule is CCC(C)(CN)C(=O)NC(Cc1ccccc1)C(=O)OC. The van der Waals surface area contributed by atoms with Crippen LogP contribution in [0, 0.1) is 5.41 Å². The van der Waals surface area contributed by atoms with E-state index < -0.39 is 17.4 Å². The van der Waals surface area contributed by atoms with Crippen molar-refractivity contribution in [1.29, 1.82) is 0 Å². The third kappa shape index (κ3) is 4.56. The van der Waals surface area contributed by atoms with Crippen LogP contribution in [0.3, 0.4) is 0 Å². The van der Waals surface area contributed by atoms with Gasteiger partial charge in [0, 0.05) is 13.0 Å². The average molecular weight is 292 g/mol. The Balaban J connectivity index is 2.84. The molecule has 0 bridgehead atoms. The highest BCUT2D eigenvalue weighted by Crippen LogP contribution is 2.20. The summed E-state index contributed by atoms with van der Waals surface area (Å²) in [5, 5.41) is 2.77. The largest absolute Gasteiger partial charge is 0.467 e. The van der Waals surface area contributed by atoms with E-state index in [1.54, 1.807) is 6.92 Å². The number of ether oxygens (including phenoxy) is 1. The van der Waals surface area contributed by atoms with Crippen LogP contribution in [0.2, 0.25) is 0 Å². The van der Waals surface area contributed by atoms with Gasteiger partial charge < -0.3 is 15.8 Å². The number of carbonyl (C=O) groups is 2. The van der Waals surface area contributed by atoms with Crippen molar-refractivity contribution in [3.05, 3.63) is 35.9 Å². The molecule has 5 nitrogen and oxygen atoms in total. The first-order chi connectivity index (χ1) is 9.96. The molecule has 116 valence electrons. The zero-order chi connectivity index (χ0) is 15.9. The number of benzene rings is 1. The predicted molar refractivity (Wildman–Crippen MR) is 81.5 cm³/mol. The number of amides is 1. The third-order valence-corrected chi connectivity index (χ3v) is 3.85. The first kappa shape index (κ1) is 17.2. The molecule has 1 rings (SSSR count). The molecule has 0 radical (unpaired) electrons. The monoisotopic (exact) mass is 292 g/mol. The minimum absolute atomic E-state index is 0.223. The summed E-state index contributed by atoms with van der Waals surface area (Å²) in [5.74, 6) is -0.679. The highest BCUT2D eigenvalue weighted by atomic mass is 16.5. The number of carbonyl (C=O) groups excluding carboxylic acids is 2. The van der Waals surface area contributed by atoms with E-state index in [1.165, 1.54) is 7.11 Å². The van der Waals surface area contributed by atoms with Crippen molar-refractivity contribution in [2.45, 2.75) is 32.7 Å². The Morgan fingerprint density at radius 3 is 2.43 bits per heavy atom. The molecule has 5 heteroatoms. The van der Waals surface area contributed by atoms with Crippen LogP contribution in [-0.2, 0) is 20.7 Å². The molecule has 21 heavy (non-hydrogen) atoms. The summed E-state index contributed by atoms with van der Waals surface area (Å²) < 4.78 is 4.78. The number of hydrogen-bond acceptors (Lipinski definition) is 4.